The molecule has 4 nitrogen and oxygen atoms in total. The van der Waals surface area contributed by atoms with E-state index in [1.165, 1.54) is 5.56 Å². The van der Waals surface area contributed by atoms with E-state index in [0.717, 1.165) is 12.8 Å². The predicted octanol–water partition coefficient (Wildman–Crippen LogP) is 2.99. The molecule has 0 aliphatic carbocycles. The van der Waals surface area contributed by atoms with Gasteiger partial charge in [-0.05, 0) is 45.6 Å². The summed E-state index contributed by atoms with van der Waals surface area (Å²) in [4.78, 5) is 13.4. The zero-order chi connectivity index (χ0) is 15.5. The van der Waals surface area contributed by atoms with Gasteiger partial charge >= 0.3 is 6.09 Å². The van der Waals surface area contributed by atoms with Gasteiger partial charge in [0.05, 0.1) is 18.7 Å². The van der Waals surface area contributed by atoms with Gasteiger partial charge in [-0.2, -0.15) is 0 Å². The minimum absolute atomic E-state index is 0.338. The molecule has 0 atom stereocenters. The van der Waals surface area contributed by atoms with Crippen LogP contribution >= 0.6 is 0 Å². The van der Waals surface area contributed by atoms with Crippen molar-refractivity contribution < 1.29 is 14.6 Å². The molecular weight excluding hydrogens is 266 g/mol. The molecule has 1 fully saturated rings. The van der Waals surface area contributed by atoms with E-state index in [2.05, 4.69) is 12.1 Å². The number of hydrogen-bond donors (Lipinski definition) is 1. The van der Waals surface area contributed by atoms with E-state index in [1.807, 2.05) is 39.0 Å². The fraction of sp³-hybridized carbons (Fsp3) is 0.588. The lowest BCUT2D eigenvalue weighted by molar-refractivity contribution is -0.103. The summed E-state index contributed by atoms with van der Waals surface area (Å²) in [5.74, 6) is 0. The third-order valence-electron chi connectivity index (χ3n) is 3.57. The monoisotopic (exact) mass is 291 g/mol. The van der Waals surface area contributed by atoms with Gasteiger partial charge in [0.25, 0.3) is 0 Å². The maximum absolute atomic E-state index is 11.8. The van der Waals surface area contributed by atoms with Gasteiger partial charge < -0.3 is 14.7 Å². The summed E-state index contributed by atoms with van der Waals surface area (Å²) >= 11 is 0. The molecule has 0 unspecified atom stereocenters. The average Bonchev–Trinajstić information content (AvgIpc) is 2.35. The SMILES string of the molecule is CC(C)(C)OC(=O)N1CC(O)(CCCc2ccccc2)C1. The van der Waals surface area contributed by atoms with Crippen LogP contribution in [0.3, 0.4) is 0 Å². The molecule has 4 heteroatoms. The molecule has 0 spiro atoms. The van der Waals surface area contributed by atoms with E-state index >= 15 is 0 Å². The smallest absolute Gasteiger partial charge is 0.410 e. The Morgan fingerprint density at radius 2 is 1.90 bits per heavy atom. The fourth-order valence-corrected chi connectivity index (χ4v) is 2.54. The van der Waals surface area contributed by atoms with Crippen LogP contribution < -0.4 is 0 Å². The summed E-state index contributed by atoms with van der Waals surface area (Å²) in [6.07, 6.45) is 2.25. The molecule has 0 radical (unpaired) electrons. The van der Waals surface area contributed by atoms with Crippen molar-refractivity contribution in [1.29, 1.82) is 0 Å². The lowest BCUT2D eigenvalue weighted by Gasteiger charge is -2.46. The molecule has 1 aliphatic heterocycles. The molecule has 1 aromatic rings. The molecule has 21 heavy (non-hydrogen) atoms. The van der Waals surface area contributed by atoms with E-state index in [0.29, 0.717) is 19.5 Å². The Morgan fingerprint density at radius 3 is 2.48 bits per heavy atom. The lowest BCUT2D eigenvalue weighted by atomic mass is 9.88. The number of nitrogens with zero attached hydrogens (tertiary/aromatic N) is 1. The highest BCUT2D eigenvalue weighted by molar-refractivity contribution is 5.69. The largest absolute Gasteiger partial charge is 0.444 e. The van der Waals surface area contributed by atoms with Gasteiger partial charge in [0.1, 0.15) is 5.60 Å². The maximum atomic E-state index is 11.8. The Labute approximate surface area is 126 Å². The normalized spacial score (nSPS) is 17.2. The first-order chi connectivity index (χ1) is 9.77. The summed E-state index contributed by atoms with van der Waals surface area (Å²) in [6, 6.07) is 10.2. The summed E-state index contributed by atoms with van der Waals surface area (Å²) < 4.78 is 5.28. The maximum Gasteiger partial charge on any atom is 0.410 e. The summed E-state index contributed by atoms with van der Waals surface area (Å²) in [6.45, 7) is 6.28. The van der Waals surface area contributed by atoms with E-state index in [-0.39, 0.29) is 6.09 Å². The van der Waals surface area contributed by atoms with Crippen LogP contribution in [0.2, 0.25) is 0 Å². The van der Waals surface area contributed by atoms with Crippen molar-refractivity contribution in [3.05, 3.63) is 35.9 Å². The third kappa shape index (κ3) is 4.74. The van der Waals surface area contributed by atoms with Crippen molar-refractivity contribution in [2.45, 2.75) is 51.2 Å². The number of aryl methyl sites for hydroxylation is 1. The summed E-state index contributed by atoms with van der Waals surface area (Å²) in [5, 5.41) is 10.4. The van der Waals surface area contributed by atoms with E-state index in [4.69, 9.17) is 4.74 Å². The second-order valence-electron chi connectivity index (χ2n) is 6.90. The molecule has 2 rings (SSSR count). The fourth-order valence-electron chi connectivity index (χ4n) is 2.54. The molecule has 1 aliphatic rings. The zero-order valence-corrected chi connectivity index (χ0v) is 13.1. The lowest BCUT2D eigenvalue weighted by Crippen LogP contribution is -2.64. The molecule has 1 heterocycles. The highest BCUT2D eigenvalue weighted by Gasteiger charge is 2.44. The van der Waals surface area contributed by atoms with Crippen molar-refractivity contribution in [2.24, 2.45) is 0 Å². The first-order valence-electron chi connectivity index (χ1n) is 7.52. The van der Waals surface area contributed by atoms with Crippen LogP contribution in [0.1, 0.15) is 39.2 Å². The molecule has 1 aromatic carbocycles. The van der Waals surface area contributed by atoms with Crippen molar-refractivity contribution in [3.8, 4) is 0 Å². The molecule has 1 N–H and O–H groups in total. The average molecular weight is 291 g/mol. The van der Waals surface area contributed by atoms with Crippen LogP contribution in [-0.2, 0) is 11.2 Å². The standard InChI is InChI=1S/C17H25NO3/c1-16(2,3)21-15(19)18-12-17(20,13-18)11-7-10-14-8-5-4-6-9-14/h4-6,8-9,20H,7,10-13H2,1-3H3. The van der Waals surface area contributed by atoms with Gasteiger partial charge in [0, 0.05) is 0 Å². The highest BCUT2D eigenvalue weighted by Crippen LogP contribution is 2.28. The van der Waals surface area contributed by atoms with Crippen LogP contribution in [0, 0.1) is 0 Å². The van der Waals surface area contributed by atoms with Gasteiger partial charge in [-0.3, -0.25) is 0 Å². The van der Waals surface area contributed by atoms with Crippen molar-refractivity contribution >= 4 is 6.09 Å². The number of ether oxygens (including phenoxy) is 1. The van der Waals surface area contributed by atoms with Crippen molar-refractivity contribution in [1.82, 2.24) is 4.90 Å². The first kappa shape index (κ1) is 15.8. The number of amides is 1. The molecule has 0 bridgehead atoms. The number of benzene rings is 1. The Balaban J connectivity index is 1.71. The number of carbonyl (C=O) groups is 1. The Bertz CT molecular complexity index is 473. The van der Waals surface area contributed by atoms with Crippen molar-refractivity contribution in [2.75, 3.05) is 13.1 Å². The van der Waals surface area contributed by atoms with Crippen LogP contribution in [-0.4, -0.2) is 40.4 Å². The first-order valence-corrected chi connectivity index (χ1v) is 7.52. The number of rotatable bonds is 4. The second kappa shape index (κ2) is 6.06. The van der Waals surface area contributed by atoms with E-state index in [9.17, 15) is 9.90 Å². The van der Waals surface area contributed by atoms with Crippen LogP contribution in [0.15, 0.2) is 30.3 Å². The topological polar surface area (TPSA) is 49.8 Å². The van der Waals surface area contributed by atoms with Gasteiger partial charge in [-0.25, -0.2) is 4.79 Å². The molecule has 116 valence electrons. The second-order valence-corrected chi connectivity index (χ2v) is 6.90. The summed E-state index contributed by atoms with van der Waals surface area (Å²) in [5.41, 5.74) is 0.0495. The number of aliphatic hydroxyl groups is 1. The van der Waals surface area contributed by atoms with E-state index < -0.39 is 11.2 Å². The molecule has 1 saturated heterocycles. The van der Waals surface area contributed by atoms with Gasteiger partial charge in [0.2, 0.25) is 0 Å². The van der Waals surface area contributed by atoms with Gasteiger partial charge in [0.15, 0.2) is 0 Å². The number of likely N-dealkylation sites (tertiary alicyclic amines) is 1. The number of carbonyl (C=O) groups excluding carboxylic acids is 1. The summed E-state index contributed by atoms with van der Waals surface area (Å²) in [7, 11) is 0. The predicted molar refractivity (Wildman–Crippen MR) is 82.1 cm³/mol. The Hall–Kier alpha value is -1.55. The van der Waals surface area contributed by atoms with Gasteiger partial charge in [-0.1, -0.05) is 30.3 Å². The molecule has 0 aromatic heterocycles. The Morgan fingerprint density at radius 1 is 1.29 bits per heavy atom. The number of β-amino-alcohol motifs (C(OH)–C–C–N with tert-alkyl or cyclic N) is 1. The van der Waals surface area contributed by atoms with E-state index in [1.54, 1.807) is 4.90 Å². The third-order valence-corrected chi connectivity index (χ3v) is 3.57. The Kier molecular flexibility index (Phi) is 4.57. The van der Waals surface area contributed by atoms with Crippen molar-refractivity contribution in [3.63, 3.8) is 0 Å². The van der Waals surface area contributed by atoms with Crippen LogP contribution in [0.5, 0.6) is 0 Å². The van der Waals surface area contributed by atoms with Crippen LogP contribution in [0.25, 0.3) is 0 Å². The molecule has 0 saturated carbocycles. The van der Waals surface area contributed by atoms with Crippen LogP contribution in [0.4, 0.5) is 4.79 Å². The zero-order valence-electron chi connectivity index (χ0n) is 13.1. The molecular formula is C17H25NO3. The highest BCUT2D eigenvalue weighted by atomic mass is 16.6. The number of hydrogen-bond acceptors (Lipinski definition) is 3. The minimum atomic E-state index is -0.744. The van der Waals surface area contributed by atoms with Gasteiger partial charge in [-0.15, -0.1) is 0 Å². The molecule has 1 amide bonds. The minimum Gasteiger partial charge on any atom is -0.444 e. The quantitative estimate of drug-likeness (QED) is 0.927.